The van der Waals surface area contributed by atoms with Gasteiger partial charge in [-0.25, -0.2) is 9.18 Å². The molecule has 2 fully saturated rings. The molecular formula is C14H24FNO5. The molecule has 0 saturated carbocycles. The Morgan fingerprint density at radius 1 is 1.43 bits per heavy atom. The van der Waals surface area contributed by atoms with E-state index in [9.17, 15) is 14.3 Å². The largest absolute Gasteiger partial charge is 0.444 e. The van der Waals surface area contributed by atoms with E-state index in [1.54, 1.807) is 34.6 Å². The molecule has 3 atom stereocenters. The van der Waals surface area contributed by atoms with E-state index in [1.807, 2.05) is 0 Å². The molecule has 2 rings (SSSR count). The van der Waals surface area contributed by atoms with Crippen molar-refractivity contribution >= 4 is 6.09 Å². The van der Waals surface area contributed by atoms with Gasteiger partial charge in [0.25, 0.3) is 0 Å². The monoisotopic (exact) mass is 305 g/mol. The van der Waals surface area contributed by atoms with Gasteiger partial charge in [0, 0.05) is 0 Å². The highest BCUT2D eigenvalue weighted by Crippen LogP contribution is 2.40. The van der Waals surface area contributed by atoms with Gasteiger partial charge in [-0.15, -0.1) is 0 Å². The minimum atomic E-state index is -2.06. The Morgan fingerprint density at radius 2 is 2.05 bits per heavy atom. The molecule has 122 valence electrons. The number of likely N-dealkylation sites (tertiary alicyclic amines) is 1. The van der Waals surface area contributed by atoms with Crippen LogP contribution in [0.25, 0.3) is 0 Å². The first kappa shape index (κ1) is 16.5. The average Bonchev–Trinajstić information content (AvgIpc) is 2.62. The molecule has 1 amide bonds. The summed E-state index contributed by atoms with van der Waals surface area (Å²) in [6.07, 6.45) is -2.14. The summed E-state index contributed by atoms with van der Waals surface area (Å²) in [7, 11) is 0. The standard InChI is InChI=1S/C14H24FNO5/c1-12(2,3)21-11(18)16-6-9-10(14(15,7-16)8-17)20-13(4,5)19-9/h9-10,17H,6-8H2,1-5H3/t9-,10-,14+/m1/s1. The number of nitrogens with zero attached hydrogens (tertiary/aromatic N) is 1. The van der Waals surface area contributed by atoms with E-state index in [2.05, 4.69) is 0 Å². The van der Waals surface area contributed by atoms with E-state index in [0.717, 1.165) is 0 Å². The summed E-state index contributed by atoms with van der Waals surface area (Å²) >= 11 is 0. The number of carbonyl (C=O) groups excluding carboxylic acids is 1. The zero-order chi connectivity index (χ0) is 16.1. The summed E-state index contributed by atoms with van der Waals surface area (Å²) in [5.74, 6) is -0.939. The number of piperidine rings is 1. The molecule has 2 heterocycles. The molecule has 2 aliphatic heterocycles. The minimum absolute atomic E-state index is 0.175. The second-order valence-corrected chi connectivity index (χ2v) is 7.15. The lowest BCUT2D eigenvalue weighted by molar-refractivity contribution is -0.162. The molecule has 2 saturated heterocycles. The van der Waals surface area contributed by atoms with Gasteiger partial charge in [-0.1, -0.05) is 0 Å². The predicted octanol–water partition coefficient (Wildman–Crippen LogP) is 1.46. The number of hydrogen-bond acceptors (Lipinski definition) is 5. The Labute approximate surface area is 124 Å². The van der Waals surface area contributed by atoms with Crippen LogP contribution in [0, 0.1) is 0 Å². The van der Waals surface area contributed by atoms with E-state index in [1.165, 1.54) is 4.90 Å². The van der Waals surface area contributed by atoms with Gasteiger partial charge in [0.05, 0.1) is 19.7 Å². The fourth-order valence-corrected chi connectivity index (χ4v) is 2.70. The maximum absolute atomic E-state index is 14.9. The molecule has 0 aliphatic carbocycles. The van der Waals surface area contributed by atoms with Gasteiger partial charge in [-0.2, -0.15) is 0 Å². The lowest BCUT2D eigenvalue weighted by Crippen LogP contribution is -2.63. The van der Waals surface area contributed by atoms with Crippen molar-refractivity contribution in [2.45, 2.75) is 63.9 Å². The fourth-order valence-electron chi connectivity index (χ4n) is 2.70. The second-order valence-electron chi connectivity index (χ2n) is 7.15. The third-order valence-electron chi connectivity index (χ3n) is 3.46. The van der Waals surface area contributed by atoms with Crippen LogP contribution in [0.4, 0.5) is 9.18 Å². The number of amides is 1. The molecule has 0 bridgehead atoms. The lowest BCUT2D eigenvalue weighted by Gasteiger charge is -2.42. The molecule has 0 aromatic rings. The Hall–Kier alpha value is -0.920. The summed E-state index contributed by atoms with van der Waals surface area (Å²) in [4.78, 5) is 13.4. The lowest BCUT2D eigenvalue weighted by atomic mass is 9.90. The van der Waals surface area contributed by atoms with Crippen molar-refractivity contribution in [3.05, 3.63) is 0 Å². The number of hydrogen-bond donors (Lipinski definition) is 1. The van der Waals surface area contributed by atoms with Gasteiger partial charge in [0.15, 0.2) is 11.5 Å². The topological polar surface area (TPSA) is 68.2 Å². The van der Waals surface area contributed by atoms with E-state index in [-0.39, 0.29) is 13.1 Å². The summed E-state index contributed by atoms with van der Waals surface area (Å²) in [6, 6.07) is 0. The van der Waals surface area contributed by atoms with Gasteiger partial charge >= 0.3 is 6.09 Å². The average molecular weight is 305 g/mol. The van der Waals surface area contributed by atoms with E-state index in [0.29, 0.717) is 0 Å². The summed E-state index contributed by atoms with van der Waals surface area (Å²) < 4.78 is 31.4. The van der Waals surface area contributed by atoms with Gasteiger partial charge in [0.2, 0.25) is 0 Å². The molecule has 2 aliphatic rings. The molecular weight excluding hydrogens is 281 g/mol. The Bertz CT molecular complexity index is 422. The van der Waals surface area contributed by atoms with Crippen molar-refractivity contribution in [2.75, 3.05) is 19.7 Å². The van der Waals surface area contributed by atoms with Crippen molar-refractivity contribution < 1.29 is 28.5 Å². The number of halogens is 1. The Balaban J connectivity index is 2.16. The van der Waals surface area contributed by atoms with Crippen LogP contribution in [0.2, 0.25) is 0 Å². The van der Waals surface area contributed by atoms with Crippen LogP contribution >= 0.6 is 0 Å². The highest BCUT2D eigenvalue weighted by atomic mass is 19.1. The first-order chi connectivity index (χ1) is 9.46. The van der Waals surface area contributed by atoms with Crippen LogP contribution in [0.3, 0.4) is 0 Å². The molecule has 1 N–H and O–H groups in total. The van der Waals surface area contributed by atoms with Crippen molar-refractivity contribution in [1.82, 2.24) is 4.90 Å². The normalized spacial score (nSPS) is 35.5. The van der Waals surface area contributed by atoms with Crippen LogP contribution in [0.15, 0.2) is 0 Å². The Kier molecular flexibility index (Phi) is 3.97. The van der Waals surface area contributed by atoms with Gasteiger partial charge in [-0.3, -0.25) is 0 Å². The SMILES string of the molecule is CC(C)(C)OC(=O)N1C[C@H]2OC(C)(C)O[C@H]2[C@@](F)(CO)C1. The maximum Gasteiger partial charge on any atom is 0.410 e. The van der Waals surface area contributed by atoms with Crippen molar-refractivity contribution in [3.8, 4) is 0 Å². The zero-order valence-electron chi connectivity index (χ0n) is 13.2. The first-order valence-corrected chi connectivity index (χ1v) is 7.09. The smallest absolute Gasteiger partial charge is 0.410 e. The Morgan fingerprint density at radius 3 is 2.57 bits per heavy atom. The van der Waals surface area contributed by atoms with Gasteiger partial charge < -0.3 is 24.2 Å². The van der Waals surface area contributed by atoms with E-state index >= 15 is 0 Å². The molecule has 0 aromatic carbocycles. The molecule has 7 heteroatoms. The number of alkyl halides is 1. The van der Waals surface area contributed by atoms with Crippen molar-refractivity contribution in [2.24, 2.45) is 0 Å². The highest BCUT2D eigenvalue weighted by Gasteiger charge is 2.58. The van der Waals surface area contributed by atoms with Crippen molar-refractivity contribution in [3.63, 3.8) is 0 Å². The quantitative estimate of drug-likeness (QED) is 0.794. The maximum atomic E-state index is 14.9. The number of aliphatic hydroxyl groups excluding tert-OH is 1. The predicted molar refractivity (Wildman–Crippen MR) is 72.6 cm³/mol. The number of carbonyl (C=O) groups is 1. The van der Waals surface area contributed by atoms with E-state index in [4.69, 9.17) is 14.2 Å². The fraction of sp³-hybridized carbons (Fsp3) is 0.929. The van der Waals surface area contributed by atoms with Crippen LogP contribution in [0.1, 0.15) is 34.6 Å². The zero-order valence-corrected chi connectivity index (χ0v) is 13.2. The first-order valence-electron chi connectivity index (χ1n) is 7.09. The summed E-state index contributed by atoms with van der Waals surface area (Å²) in [5, 5.41) is 9.41. The molecule has 0 spiro atoms. The third kappa shape index (κ3) is 3.46. The summed E-state index contributed by atoms with van der Waals surface area (Å²) in [5.41, 5.74) is -2.73. The molecule has 0 radical (unpaired) electrons. The van der Waals surface area contributed by atoms with E-state index < -0.39 is 42.0 Å². The van der Waals surface area contributed by atoms with Crippen molar-refractivity contribution in [1.29, 1.82) is 0 Å². The number of aliphatic hydroxyl groups is 1. The van der Waals surface area contributed by atoms with Gasteiger partial charge in [0.1, 0.15) is 17.8 Å². The van der Waals surface area contributed by atoms with Crippen LogP contribution in [-0.4, -0.2) is 65.1 Å². The minimum Gasteiger partial charge on any atom is -0.444 e. The number of ether oxygens (including phenoxy) is 3. The molecule has 21 heavy (non-hydrogen) atoms. The van der Waals surface area contributed by atoms with Crippen LogP contribution < -0.4 is 0 Å². The third-order valence-corrected chi connectivity index (χ3v) is 3.46. The number of rotatable bonds is 1. The molecule has 0 unspecified atom stereocenters. The summed E-state index contributed by atoms with van der Waals surface area (Å²) in [6.45, 7) is 7.74. The van der Waals surface area contributed by atoms with Crippen LogP contribution in [-0.2, 0) is 14.2 Å². The second kappa shape index (κ2) is 5.07. The van der Waals surface area contributed by atoms with Gasteiger partial charge in [-0.05, 0) is 34.6 Å². The molecule has 6 nitrogen and oxygen atoms in total. The van der Waals surface area contributed by atoms with Crippen LogP contribution in [0.5, 0.6) is 0 Å². The highest BCUT2D eigenvalue weighted by molar-refractivity contribution is 5.68. The number of fused-ring (bicyclic) bond motifs is 1. The molecule has 0 aromatic heterocycles.